The third kappa shape index (κ3) is 5.43. The van der Waals surface area contributed by atoms with E-state index in [0.29, 0.717) is 24.4 Å². The molecule has 1 aliphatic heterocycles. The fourth-order valence-electron chi connectivity index (χ4n) is 4.04. The number of carbonyl (C=O) groups excluding carboxylic acids is 3. The monoisotopic (exact) mass is 457 g/mol. The van der Waals surface area contributed by atoms with E-state index in [-0.39, 0.29) is 18.3 Å². The third-order valence-corrected chi connectivity index (χ3v) is 5.67. The second kappa shape index (κ2) is 10.7. The van der Waals surface area contributed by atoms with Crippen LogP contribution in [0.5, 0.6) is 0 Å². The summed E-state index contributed by atoms with van der Waals surface area (Å²) in [5.41, 5.74) is 4.05. The van der Waals surface area contributed by atoms with Crippen LogP contribution < -0.4 is 15.5 Å². The van der Waals surface area contributed by atoms with Crippen molar-refractivity contribution in [3.8, 4) is 0 Å². The molecule has 174 valence electrons. The Bertz CT molecular complexity index is 1160. The molecule has 1 atom stereocenters. The first-order valence-electron chi connectivity index (χ1n) is 11.3. The number of benzene rings is 3. The first-order valence-corrected chi connectivity index (χ1v) is 11.3. The van der Waals surface area contributed by atoms with E-state index in [9.17, 15) is 14.4 Å². The molecule has 4 rings (SSSR count). The topological polar surface area (TPSA) is 87.7 Å². The molecule has 0 fully saturated rings. The standard InChI is InChI=1S/C27H27N3O4/c1-2-34-24(31)18-19-12-14-22(15-13-19)28-27(33)29-25(21-9-4-3-5-10-21)26(32)30-17-16-20-8-6-7-11-23(20)30/h3-15,25H,2,16-18H2,1H3,(H2,28,29,33). The Kier molecular flexibility index (Phi) is 7.22. The van der Waals surface area contributed by atoms with Gasteiger partial charge in [-0.2, -0.15) is 0 Å². The molecule has 0 aromatic heterocycles. The van der Waals surface area contributed by atoms with E-state index in [1.807, 2.05) is 54.6 Å². The van der Waals surface area contributed by atoms with Gasteiger partial charge in [-0.05, 0) is 48.2 Å². The van der Waals surface area contributed by atoms with E-state index in [1.165, 1.54) is 0 Å². The van der Waals surface area contributed by atoms with Crippen LogP contribution in [0.15, 0.2) is 78.9 Å². The van der Waals surface area contributed by atoms with Gasteiger partial charge in [-0.25, -0.2) is 4.79 Å². The summed E-state index contributed by atoms with van der Waals surface area (Å²) < 4.78 is 4.96. The Balaban J connectivity index is 1.46. The van der Waals surface area contributed by atoms with Crippen molar-refractivity contribution >= 4 is 29.3 Å². The van der Waals surface area contributed by atoms with Crippen LogP contribution in [0.25, 0.3) is 0 Å². The lowest BCUT2D eigenvalue weighted by Crippen LogP contribution is -2.43. The molecule has 3 aromatic carbocycles. The third-order valence-electron chi connectivity index (χ3n) is 5.67. The van der Waals surface area contributed by atoms with E-state index in [4.69, 9.17) is 4.74 Å². The van der Waals surface area contributed by atoms with Gasteiger partial charge in [0.15, 0.2) is 0 Å². The van der Waals surface area contributed by atoms with E-state index in [0.717, 1.165) is 23.2 Å². The molecule has 1 heterocycles. The zero-order valence-electron chi connectivity index (χ0n) is 19.0. The number of hydrogen-bond acceptors (Lipinski definition) is 4. The second-order valence-corrected chi connectivity index (χ2v) is 7.99. The average molecular weight is 458 g/mol. The van der Waals surface area contributed by atoms with Crippen molar-refractivity contribution in [3.05, 3.63) is 95.6 Å². The minimum Gasteiger partial charge on any atom is -0.466 e. The number of para-hydroxylation sites is 1. The number of carbonyl (C=O) groups is 3. The number of anilines is 2. The molecule has 0 aliphatic carbocycles. The Morgan fingerprint density at radius 2 is 1.65 bits per heavy atom. The summed E-state index contributed by atoms with van der Waals surface area (Å²) in [6, 6.07) is 22.6. The molecule has 0 radical (unpaired) electrons. The van der Waals surface area contributed by atoms with Crippen LogP contribution >= 0.6 is 0 Å². The summed E-state index contributed by atoms with van der Waals surface area (Å²) in [4.78, 5) is 39.8. The number of amides is 3. The maximum Gasteiger partial charge on any atom is 0.320 e. The van der Waals surface area contributed by atoms with Crippen molar-refractivity contribution in [1.82, 2.24) is 5.32 Å². The maximum absolute atomic E-state index is 13.5. The van der Waals surface area contributed by atoms with E-state index < -0.39 is 12.1 Å². The lowest BCUT2D eigenvalue weighted by Gasteiger charge is -2.25. The number of rotatable bonds is 7. The number of hydrogen-bond donors (Lipinski definition) is 2. The minimum atomic E-state index is -0.838. The van der Waals surface area contributed by atoms with Crippen molar-refractivity contribution in [1.29, 1.82) is 0 Å². The summed E-state index contributed by atoms with van der Waals surface area (Å²) in [5, 5.41) is 5.61. The molecule has 3 amide bonds. The predicted molar refractivity (Wildman–Crippen MR) is 131 cm³/mol. The fraction of sp³-hybridized carbons (Fsp3) is 0.222. The first-order chi connectivity index (χ1) is 16.5. The number of urea groups is 1. The number of fused-ring (bicyclic) bond motifs is 1. The smallest absolute Gasteiger partial charge is 0.320 e. The summed E-state index contributed by atoms with van der Waals surface area (Å²) >= 11 is 0. The Hall–Kier alpha value is -4.13. The molecule has 1 unspecified atom stereocenters. The van der Waals surface area contributed by atoms with Crippen LogP contribution in [-0.4, -0.2) is 31.1 Å². The molecule has 2 N–H and O–H groups in total. The maximum atomic E-state index is 13.5. The van der Waals surface area contributed by atoms with Crippen LogP contribution in [0.4, 0.5) is 16.2 Å². The Morgan fingerprint density at radius 1 is 0.941 bits per heavy atom. The van der Waals surface area contributed by atoms with Gasteiger partial charge in [-0.1, -0.05) is 60.7 Å². The normalized spacial score (nSPS) is 13.0. The van der Waals surface area contributed by atoms with Gasteiger partial charge in [0.1, 0.15) is 6.04 Å². The van der Waals surface area contributed by atoms with Gasteiger partial charge in [-0.15, -0.1) is 0 Å². The number of esters is 1. The highest BCUT2D eigenvalue weighted by atomic mass is 16.5. The van der Waals surface area contributed by atoms with Gasteiger partial charge in [0, 0.05) is 17.9 Å². The Morgan fingerprint density at radius 3 is 2.38 bits per heavy atom. The van der Waals surface area contributed by atoms with Crippen LogP contribution in [0, 0.1) is 0 Å². The average Bonchev–Trinajstić information content (AvgIpc) is 3.28. The highest BCUT2D eigenvalue weighted by Gasteiger charge is 2.32. The highest BCUT2D eigenvalue weighted by Crippen LogP contribution is 2.30. The van der Waals surface area contributed by atoms with Gasteiger partial charge >= 0.3 is 12.0 Å². The van der Waals surface area contributed by atoms with E-state index >= 15 is 0 Å². The van der Waals surface area contributed by atoms with Crippen molar-refractivity contribution in [2.45, 2.75) is 25.8 Å². The number of nitrogens with zero attached hydrogens (tertiary/aromatic N) is 1. The van der Waals surface area contributed by atoms with Crippen LogP contribution in [0.3, 0.4) is 0 Å². The molecule has 7 nitrogen and oxygen atoms in total. The number of nitrogens with one attached hydrogen (secondary N) is 2. The van der Waals surface area contributed by atoms with Crippen LogP contribution in [0.2, 0.25) is 0 Å². The number of ether oxygens (including phenoxy) is 1. The Labute approximate surface area is 198 Å². The molecule has 0 saturated heterocycles. The molecular formula is C27H27N3O4. The molecule has 0 spiro atoms. The molecule has 0 bridgehead atoms. The first kappa shape index (κ1) is 23.0. The minimum absolute atomic E-state index is 0.169. The fourth-order valence-corrected chi connectivity index (χ4v) is 4.04. The molecule has 34 heavy (non-hydrogen) atoms. The second-order valence-electron chi connectivity index (χ2n) is 7.99. The SMILES string of the molecule is CCOC(=O)Cc1ccc(NC(=O)NC(C(=O)N2CCc3ccccc32)c2ccccc2)cc1. The van der Waals surface area contributed by atoms with Gasteiger partial charge < -0.3 is 20.3 Å². The zero-order valence-corrected chi connectivity index (χ0v) is 19.0. The van der Waals surface area contributed by atoms with Gasteiger partial charge in [-0.3, -0.25) is 9.59 Å². The van der Waals surface area contributed by atoms with Crippen LogP contribution in [-0.2, 0) is 27.2 Å². The molecule has 1 aliphatic rings. The van der Waals surface area contributed by atoms with Crippen molar-refractivity contribution in [2.24, 2.45) is 0 Å². The van der Waals surface area contributed by atoms with Gasteiger partial charge in [0.25, 0.3) is 5.91 Å². The predicted octanol–water partition coefficient (Wildman–Crippen LogP) is 4.24. The van der Waals surface area contributed by atoms with Crippen molar-refractivity contribution in [2.75, 3.05) is 23.4 Å². The lowest BCUT2D eigenvalue weighted by molar-refractivity contribution is -0.142. The van der Waals surface area contributed by atoms with Gasteiger partial charge in [0.05, 0.1) is 13.0 Å². The van der Waals surface area contributed by atoms with E-state index in [2.05, 4.69) is 10.6 Å². The summed E-state index contributed by atoms with van der Waals surface area (Å²) in [6.45, 7) is 2.68. The zero-order chi connectivity index (χ0) is 23.9. The van der Waals surface area contributed by atoms with Gasteiger partial charge in [0.2, 0.25) is 0 Å². The van der Waals surface area contributed by atoms with Crippen LogP contribution in [0.1, 0.15) is 29.7 Å². The van der Waals surface area contributed by atoms with E-state index in [1.54, 1.807) is 36.1 Å². The van der Waals surface area contributed by atoms with Crippen molar-refractivity contribution < 1.29 is 19.1 Å². The summed E-state index contributed by atoms with van der Waals surface area (Å²) in [6.07, 6.45) is 0.954. The summed E-state index contributed by atoms with van der Waals surface area (Å²) in [5.74, 6) is -0.482. The summed E-state index contributed by atoms with van der Waals surface area (Å²) in [7, 11) is 0. The quantitative estimate of drug-likeness (QED) is 0.520. The molecule has 0 saturated carbocycles. The van der Waals surface area contributed by atoms with Crippen molar-refractivity contribution in [3.63, 3.8) is 0 Å². The largest absolute Gasteiger partial charge is 0.466 e. The highest BCUT2D eigenvalue weighted by molar-refractivity contribution is 6.02. The molecule has 7 heteroatoms. The molecule has 3 aromatic rings. The molecular weight excluding hydrogens is 430 g/mol. The lowest BCUT2D eigenvalue weighted by atomic mass is 10.1.